The number of carbonyl (C=O) groups is 1. The third kappa shape index (κ3) is 7.21. The Morgan fingerprint density at radius 2 is 1.81 bits per heavy atom. The summed E-state index contributed by atoms with van der Waals surface area (Å²) in [6.07, 6.45) is 1.59. The predicted molar refractivity (Wildman–Crippen MR) is 136 cm³/mol. The fourth-order valence-electron chi connectivity index (χ4n) is 4.24. The Balaban J connectivity index is 0.00000363. The summed E-state index contributed by atoms with van der Waals surface area (Å²) in [6, 6.07) is 8.45. The maximum atomic E-state index is 11.9. The van der Waals surface area contributed by atoms with Crippen LogP contribution in [0.15, 0.2) is 29.3 Å². The first-order valence-corrected chi connectivity index (χ1v) is 11.2. The Morgan fingerprint density at radius 3 is 2.38 bits per heavy atom. The second kappa shape index (κ2) is 13.8. The summed E-state index contributed by atoms with van der Waals surface area (Å²) in [5.41, 5.74) is 1.23. The number of rotatable bonds is 7. The molecule has 0 bridgehead atoms. The highest BCUT2D eigenvalue weighted by atomic mass is 127. The second-order valence-corrected chi connectivity index (χ2v) is 7.92. The lowest BCUT2D eigenvalue weighted by Gasteiger charge is -2.35. The van der Waals surface area contributed by atoms with Gasteiger partial charge in [0.1, 0.15) is 5.75 Å². The lowest BCUT2D eigenvalue weighted by atomic mass is 9.97. The maximum Gasteiger partial charge on any atom is 0.308 e. The van der Waals surface area contributed by atoms with Gasteiger partial charge in [-0.2, -0.15) is 0 Å². The molecule has 9 heteroatoms. The van der Waals surface area contributed by atoms with Crippen LogP contribution in [0.4, 0.5) is 0 Å². The molecule has 1 aromatic rings. The summed E-state index contributed by atoms with van der Waals surface area (Å²) in [5.74, 6) is 1.66. The van der Waals surface area contributed by atoms with Crippen molar-refractivity contribution < 1.29 is 19.0 Å². The molecule has 3 rings (SSSR count). The molecular weight excluding hydrogens is 523 g/mol. The number of hydrogen-bond acceptors (Lipinski definition) is 6. The molecule has 0 amide bonds. The zero-order valence-electron chi connectivity index (χ0n) is 19.4. The molecule has 2 saturated heterocycles. The molecule has 2 heterocycles. The van der Waals surface area contributed by atoms with Crippen molar-refractivity contribution in [3.63, 3.8) is 0 Å². The summed E-state index contributed by atoms with van der Waals surface area (Å²) in [5, 5.41) is 3.43. The summed E-state index contributed by atoms with van der Waals surface area (Å²) in [7, 11) is 3.15. The number of halogens is 1. The monoisotopic (exact) mass is 560 g/mol. The molecule has 1 aromatic carbocycles. The van der Waals surface area contributed by atoms with Gasteiger partial charge in [-0.1, -0.05) is 12.1 Å². The average molecular weight is 560 g/mol. The van der Waals surface area contributed by atoms with Crippen LogP contribution in [0.1, 0.15) is 31.4 Å². The highest BCUT2D eigenvalue weighted by molar-refractivity contribution is 14.0. The minimum absolute atomic E-state index is 0. The summed E-state index contributed by atoms with van der Waals surface area (Å²) in [4.78, 5) is 21.6. The summed E-state index contributed by atoms with van der Waals surface area (Å²) in [6.45, 7) is 8.44. The van der Waals surface area contributed by atoms with Crippen LogP contribution in [0.25, 0.3) is 0 Å². The van der Waals surface area contributed by atoms with Crippen LogP contribution in [0.3, 0.4) is 0 Å². The molecule has 32 heavy (non-hydrogen) atoms. The number of likely N-dealkylation sites (tertiary alicyclic amines) is 1. The molecule has 0 aromatic heterocycles. The molecule has 2 aliphatic rings. The van der Waals surface area contributed by atoms with Gasteiger partial charge in [-0.05, 0) is 37.5 Å². The van der Waals surface area contributed by atoms with Gasteiger partial charge in [0.2, 0.25) is 0 Å². The molecule has 8 nitrogen and oxygen atoms in total. The molecule has 2 fully saturated rings. The van der Waals surface area contributed by atoms with Crippen molar-refractivity contribution in [2.24, 2.45) is 10.9 Å². The molecule has 1 N–H and O–H groups in total. The fourth-order valence-corrected chi connectivity index (χ4v) is 4.24. The Kier molecular flexibility index (Phi) is 11.5. The van der Waals surface area contributed by atoms with Crippen LogP contribution >= 0.6 is 24.0 Å². The minimum Gasteiger partial charge on any atom is -0.497 e. The highest BCUT2D eigenvalue weighted by Crippen LogP contribution is 2.25. The summed E-state index contributed by atoms with van der Waals surface area (Å²) < 4.78 is 15.8. The molecule has 1 unspecified atom stereocenters. The number of methoxy groups -OCH3 is 2. The molecule has 0 radical (unpaired) electrons. The van der Waals surface area contributed by atoms with E-state index in [4.69, 9.17) is 19.2 Å². The normalized spacial score (nSPS) is 19.1. The third-order valence-electron chi connectivity index (χ3n) is 6.06. The minimum atomic E-state index is -0.103. The number of morpholine rings is 1. The molecule has 180 valence electrons. The van der Waals surface area contributed by atoms with Gasteiger partial charge in [0.15, 0.2) is 5.96 Å². The van der Waals surface area contributed by atoms with Gasteiger partial charge in [-0.15, -0.1) is 24.0 Å². The number of aliphatic imine (C=N–C) groups is 1. The van der Waals surface area contributed by atoms with Crippen LogP contribution in [0, 0.1) is 5.92 Å². The van der Waals surface area contributed by atoms with Gasteiger partial charge in [-0.25, -0.2) is 0 Å². The maximum absolute atomic E-state index is 11.9. The number of esters is 1. The van der Waals surface area contributed by atoms with E-state index in [0.29, 0.717) is 6.54 Å². The molecule has 0 aliphatic carbocycles. The van der Waals surface area contributed by atoms with Crippen LogP contribution < -0.4 is 10.1 Å². The predicted octanol–water partition coefficient (Wildman–Crippen LogP) is 2.54. The van der Waals surface area contributed by atoms with E-state index in [-0.39, 0.29) is 41.9 Å². The van der Waals surface area contributed by atoms with E-state index < -0.39 is 0 Å². The molecule has 2 aliphatic heterocycles. The highest BCUT2D eigenvalue weighted by Gasteiger charge is 2.28. The standard InChI is InChI=1S/C23H36N4O4.HI/c1-4-24-23(27-11-9-19(10-12-27)22(28)30-3)25-17-21(26-13-15-31-16-14-26)18-5-7-20(29-2)8-6-18;/h5-8,19,21H,4,9-17H2,1-3H3,(H,24,25);1H. The SMILES string of the molecule is CCNC(=NCC(c1ccc(OC)cc1)N1CCOCC1)N1CCC(C(=O)OC)CC1.I. The van der Waals surface area contributed by atoms with E-state index >= 15 is 0 Å². The largest absolute Gasteiger partial charge is 0.497 e. The average Bonchev–Trinajstić information content (AvgIpc) is 2.84. The first-order valence-electron chi connectivity index (χ1n) is 11.2. The lowest BCUT2D eigenvalue weighted by molar-refractivity contribution is -0.146. The van der Waals surface area contributed by atoms with Crippen molar-refractivity contribution in [1.29, 1.82) is 0 Å². The van der Waals surface area contributed by atoms with Gasteiger partial charge >= 0.3 is 5.97 Å². The van der Waals surface area contributed by atoms with E-state index in [0.717, 1.165) is 70.5 Å². The van der Waals surface area contributed by atoms with E-state index in [1.54, 1.807) is 7.11 Å². The van der Waals surface area contributed by atoms with Gasteiger partial charge in [-0.3, -0.25) is 14.7 Å². The zero-order chi connectivity index (χ0) is 22.1. The van der Waals surface area contributed by atoms with Gasteiger partial charge < -0.3 is 24.4 Å². The fraction of sp³-hybridized carbons (Fsp3) is 0.652. The number of piperidine rings is 1. The zero-order valence-corrected chi connectivity index (χ0v) is 21.7. The van der Waals surface area contributed by atoms with E-state index in [9.17, 15) is 4.79 Å². The third-order valence-corrected chi connectivity index (χ3v) is 6.06. The van der Waals surface area contributed by atoms with Crippen LogP contribution in [-0.2, 0) is 14.3 Å². The van der Waals surface area contributed by atoms with Crippen molar-refractivity contribution >= 4 is 35.9 Å². The first-order chi connectivity index (χ1) is 15.2. The van der Waals surface area contributed by atoms with Gasteiger partial charge in [0.25, 0.3) is 0 Å². The van der Waals surface area contributed by atoms with Crippen molar-refractivity contribution in [1.82, 2.24) is 15.1 Å². The Labute approximate surface area is 208 Å². The van der Waals surface area contributed by atoms with E-state index in [2.05, 4.69) is 34.2 Å². The van der Waals surface area contributed by atoms with Gasteiger partial charge in [0, 0.05) is 32.7 Å². The molecular formula is C23H37IN4O4. The number of guanidine groups is 1. The van der Waals surface area contributed by atoms with E-state index in [1.807, 2.05) is 12.1 Å². The van der Waals surface area contributed by atoms with Crippen molar-refractivity contribution in [2.75, 3.05) is 66.7 Å². The summed E-state index contributed by atoms with van der Waals surface area (Å²) >= 11 is 0. The Morgan fingerprint density at radius 1 is 1.16 bits per heavy atom. The number of nitrogens with zero attached hydrogens (tertiary/aromatic N) is 3. The number of hydrogen-bond donors (Lipinski definition) is 1. The first kappa shape index (κ1) is 26.7. The number of nitrogens with one attached hydrogen (secondary N) is 1. The van der Waals surface area contributed by atoms with Crippen molar-refractivity contribution in [3.8, 4) is 5.75 Å². The Hall–Kier alpha value is -1.59. The van der Waals surface area contributed by atoms with Gasteiger partial charge in [0.05, 0.1) is 45.9 Å². The Bertz CT molecular complexity index is 717. The molecule has 1 atom stereocenters. The van der Waals surface area contributed by atoms with E-state index in [1.165, 1.54) is 12.7 Å². The smallest absolute Gasteiger partial charge is 0.308 e. The number of ether oxygens (including phenoxy) is 3. The van der Waals surface area contributed by atoms with Crippen molar-refractivity contribution in [2.45, 2.75) is 25.8 Å². The number of benzene rings is 1. The van der Waals surface area contributed by atoms with Crippen LogP contribution in [-0.4, -0.2) is 88.4 Å². The number of carbonyl (C=O) groups excluding carboxylic acids is 1. The van der Waals surface area contributed by atoms with Crippen LogP contribution in [0.2, 0.25) is 0 Å². The quantitative estimate of drug-likeness (QED) is 0.238. The lowest BCUT2D eigenvalue weighted by Crippen LogP contribution is -2.47. The topological polar surface area (TPSA) is 75.6 Å². The second-order valence-electron chi connectivity index (χ2n) is 7.92. The molecule has 0 saturated carbocycles. The molecule has 0 spiro atoms. The van der Waals surface area contributed by atoms with Crippen molar-refractivity contribution in [3.05, 3.63) is 29.8 Å². The van der Waals surface area contributed by atoms with Crippen LogP contribution in [0.5, 0.6) is 5.75 Å².